The van der Waals surface area contributed by atoms with Gasteiger partial charge in [-0.15, -0.1) is 0 Å². The van der Waals surface area contributed by atoms with Crippen molar-refractivity contribution in [2.24, 2.45) is 5.73 Å². The smallest absolute Gasteiger partial charge is 0.230 e. The van der Waals surface area contributed by atoms with Gasteiger partial charge in [0.2, 0.25) is 11.7 Å². The molecule has 1 saturated carbocycles. The topological polar surface area (TPSA) is 85.2 Å². The Hall–Kier alpha value is -1.88. The summed E-state index contributed by atoms with van der Waals surface area (Å²) in [5.41, 5.74) is 6.63. The lowest BCUT2D eigenvalue weighted by molar-refractivity contribution is 0.353. The maximum absolute atomic E-state index is 9.42. The molecule has 0 radical (unpaired) electrons. The Bertz CT molecular complexity index is 553. The average molecular weight is 245 g/mol. The summed E-state index contributed by atoms with van der Waals surface area (Å²) in [5.74, 6) is 1.64. The predicted octanol–water partition coefficient (Wildman–Crippen LogP) is 2.04. The SMILES string of the molecule is N[C@H]1CC[C@@H](c2nc(-c3cccc(O)c3)no2)C1. The molecule has 0 aliphatic heterocycles. The number of hydrogen-bond donors (Lipinski definition) is 2. The van der Waals surface area contributed by atoms with Crippen molar-refractivity contribution in [1.29, 1.82) is 0 Å². The van der Waals surface area contributed by atoms with Crippen LogP contribution in [0.15, 0.2) is 28.8 Å². The van der Waals surface area contributed by atoms with Crippen molar-refractivity contribution in [2.45, 2.75) is 31.2 Å². The monoisotopic (exact) mass is 245 g/mol. The molecule has 2 aromatic rings. The molecule has 1 aromatic carbocycles. The van der Waals surface area contributed by atoms with Crippen LogP contribution in [0.25, 0.3) is 11.4 Å². The van der Waals surface area contributed by atoms with Gasteiger partial charge >= 0.3 is 0 Å². The van der Waals surface area contributed by atoms with Crippen molar-refractivity contribution < 1.29 is 9.63 Å². The Morgan fingerprint density at radius 1 is 1.33 bits per heavy atom. The van der Waals surface area contributed by atoms with Crippen molar-refractivity contribution in [2.75, 3.05) is 0 Å². The Morgan fingerprint density at radius 3 is 2.94 bits per heavy atom. The summed E-state index contributed by atoms with van der Waals surface area (Å²) in [5, 5.41) is 13.4. The van der Waals surface area contributed by atoms with Crippen LogP contribution >= 0.6 is 0 Å². The summed E-state index contributed by atoms with van der Waals surface area (Å²) in [7, 11) is 0. The van der Waals surface area contributed by atoms with Crippen molar-refractivity contribution >= 4 is 0 Å². The lowest BCUT2D eigenvalue weighted by Gasteiger charge is -2.01. The van der Waals surface area contributed by atoms with E-state index in [1.165, 1.54) is 0 Å². The second kappa shape index (κ2) is 4.42. The zero-order valence-electron chi connectivity index (χ0n) is 9.91. The van der Waals surface area contributed by atoms with Crippen molar-refractivity contribution in [3.8, 4) is 17.1 Å². The fraction of sp³-hybridized carbons (Fsp3) is 0.385. The van der Waals surface area contributed by atoms with Crippen LogP contribution in [0.5, 0.6) is 5.75 Å². The van der Waals surface area contributed by atoms with Gasteiger partial charge in [0.05, 0.1) is 0 Å². The van der Waals surface area contributed by atoms with Gasteiger partial charge in [-0.1, -0.05) is 17.3 Å². The zero-order chi connectivity index (χ0) is 12.5. The van der Waals surface area contributed by atoms with Crippen molar-refractivity contribution in [3.05, 3.63) is 30.2 Å². The summed E-state index contributed by atoms with van der Waals surface area (Å²) in [6.07, 6.45) is 2.92. The summed E-state index contributed by atoms with van der Waals surface area (Å²) in [4.78, 5) is 4.39. The molecule has 0 saturated heterocycles. The first kappa shape index (κ1) is 11.2. The van der Waals surface area contributed by atoms with E-state index >= 15 is 0 Å². The van der Waals surface area contributed by atoms with Gasteiger partial charge in [0.25, 0.3) is 0 Å². The van der Waals surface area contributed by atoms with Crippen LogP contribution in [-0.4, -0.2) is 21.3 Å². The Kier molecular flexibility index (Phi) is 2.76. The van der Waals surface area contributed by atoms with E-state index in [1.54, 1.807) is 18.2 Å². The molecule has 3 rings (SSSR count). The molecular weight excluding hydrogens is 230 g/mol. The number of nitrogens with zero attached hydrogens (tertiary/aromatic N) is 2. The average Bonchev–Trinajstić information content (AvgIpc) is 2.97. The fourth-order valence-corrected chi connectivity index (χ4v) is 2.40. The molecule has 5 heteroatoms. The lowest BCUT2D eigenvalue weighted by atomic mass is 10.1. The summed E-state index contributed by atoms with van der Waals surface area (Å²) >= 11 is 0. The first-order valence-corrected chi connectivity index (χ1v) is 6.11. The third kappa shape index (κ3) is 2.09. The van der Waals surface area contributed by atoms with E-state index in [1.807, 2.05) is 6.07 Å². The first-order chi connectivity index (χ1) is 8.72. The second-order valence-corrected chi connectivity index (χ2v) is 4.78. The molecule has 1 aliphatic carbocycles. The van der Waals surface area contributed by atoms with Gasteiger partial charge in [0.15, 0.2) is 0 Å². The molecule has 0 unspecified atom stereocenters. The van der Waals surface area contributed by atoms with Gasteiger partial charge in [-0.25, -0.2) is 0 Å². The Labute approximate surface area is 105 Å². The molecule has 94 valence electrons. The van der Waals surface area contributed by atoms with E-state index in [2.05, 4.69) is 10.1 Å². The molecule has 0 bridgehead atoms. The van der Waals surface area contributed by atoms with Crippen LogP contribution in [0.4, 0.5) is 0 Å². The summed E-state index contributed by atoms with van der Waals surface area (Å²) in [6.45, 7) is 0. The minimum Gasteiger partial charge on any atom is -0.508 e. The molecule has 1 heterocycles. The van der Waals surface area contributed by atoms with Crippen molar-refractivity contribution in [1.82, 2.24) is 10.1 Å². The third-order valence-corrected chi connectivity index (χ3v) is 3.37. The van der Waals surface area contributed by atoms with Gasteiger partial charge in [0, 0.05) is 17.5 Å². The predicted molar refractivity (Wildman–Crippen MR) is 66.0 cm³/mol. The van der Waals surface area contributed by atoms with Gasteiger partial charge in [-0.3, -0.25) is 0 Å². The van der Waals surface area contributed by atoms with Crippen LogP contribution < -0.4 is 5.73 Å². The van der Waals surface area contributed by atoms with Crippen LogP contribution in [-0.2, 0) is 0 Å². The second-order valence-electron chi connectivity index (χ2n) is 4.78. The van der Waals surface area contributed by atoms with Crippen LogP contribution in [0.3, 0.4) is 0 Å². The van der Waals surface area contributed by atoms with E-state index < -0.39 is 0 Å². The lowest BCUT2D eigenvalue weighted by Crippen LogP contribution is -2.14. The number of aromatic nitrogens is 2. The van der Waals surface area contributed by atoms with Gasteiger partial charge < -0.3 is 15.4 Å². The van der Waals surface area contributed by atoms with Crippen LogP contribution in [0.2, 0.25) is 0 Å². The number of nitrogens with two attached hydrogens (primary N) is 1. The minimum absolute atomic E-state index is 0.196. The molecule has 3 N–H and O–H groups in total. The molecular formula is C13H15N3O2. The number of aromatic hydroxyl groups is 1. The van der Waals surface area contributed by atoms with Crippen LogP contribution in [0.1, 0.15) is 31.1 Å². The number of benzene rings is 1. The quantitative estimate of drug-likeness (QED) is 0.845. The van der Waals surface area contributed by atoms with Gasteiger partial charge in [0.1, 0.15) is 5.75 Å². The summed E-state index contributed by atoms with van der Waals surface area (Å²) in [6, 6.07) is 7.07. The molecule has 0 spiro atoms. The molecule has 1 aliphatic rings. The molecule has 18 heavy (non-hydrogen) atoms. The highest BCUT2D eigenvalue weighted by molar-refractivity contribution is 5.56. The highest BCUT2D eigenvalue weighted by Crippen LogP contribution is 2.33. The van der Waals surface area contributed by atoms with Gasteiger partial charge in [-0.05, 0) is 31.4 Å². The first-order valence-electron chi connectivity index (χ1n) is 6.11. The number of hydrogen-bond acceptors (Lipinski definition) is 5. The molecule has 5 nitrogen and oxygen atoms in total. The Morgan fingerprint density at radius 2 is 2.22 bits per heavy atom. The largest absolute Gasteiger partial charge is 0.508 e. The van der Waals surface area contributed by atoms with Gasteiger partial charge in [-0.2, -0.15) is 4.98 Å². The number of phenols is 1. The fourth-order valence-electron chi connectivity index (χ4n) is 2.40. The number of rotatable bonds is 2. The van der Waals surface area contributed by atoms with Crippen molar-refractivity contribution in [3.63, 3.8) is 0 Å². The van der Waals surface area contributed by atoms with E-state index in [4.69, 9.17) is 10.3 Å². The van der Waals surface area contributed by atoms with E-state index in [0.29, 0.717) is 11.7 Å². The van der Waals surface area contributed by atoms with E-state index in [0.717, 1.165) is 24.8 Å². The van der Waals surface area contributed by atoms with E-state index in [9.17, 15) is 5.11 Å². The molecule has 1 aromatic heterocycles. The normalized spacial score (nSPS) is 23.4. The zero-order valence-corrected chi connectivity index (χ0v) is 9.91. The Balaban J connectivity index is 1.85. The van der Waals surface area contributed by atoms with Crippen LogP contribution in [0, 0.1) is 0 Å². The standard InChI is InChI=1S/C13H15N3O2/c14-10-5-4-9(6-10)13-15-12(16-18-13)8-2-1-3-11(17)7-8/h1-3,7,9-10,17H,4-6,14H2/t9-,10+/m1/s1. The minimum atomic E-state index is 0.196. The maximum atomic E-state index is 9.42. The summed E-state index contributed by atoms with van der Waals surface area (Å²) < 4.78 is 5.29. The molecule has 0 amide bonds. The third-order valence-electron chi connectivity index (χ3n) is 3.37. The maximum Gasteiger partial charge on any atom is 0.230 e. The number of phenolic OH excluding ortho intramolecular Hbond substituents is 1. The molecule has 2 atom stereocenters. The highest BCUT2D eigenvalue weighted by atomic mass is 16.5. The highest BCUT2D eigenvalue weighted by Gasteiger charge is 2.27. The molecule has 1 fully saturated rings. The van der Waals surface area contributed by atoms with E-state index in [-0.39, 0.29) is 17.7 Å².